The first-order chi connectivity index (χ1) is 12.7. The number of nitrogens with zero attached hydrogens (tertiary/aromatic N) is 3. The first-order valence-corrected chi connectivity index (χ1v) is 9.40. The topological polar surface area (TPSA) is 45.6 Å². The van der Waals surface area contributed by atoms with Gasteiger partial charge in [0.05, 0.1) is 0 Å². The fourth-order valence-corrected chi connectivity index (χ4v) is 4.23. The van der Waals surface area contributed by atoms with E-state index in [1.54, 1.807) is 18.3 Å². The lowest BCUT2D eigenvalue weighted by Gasteiger charge is -2.36. The molecule has 3 aliphatic heterocycles. The van der Waals surface area contributed by atoms with E-state index >= 15 is 0 Å². The molecule has 0 radical (unpaired) electrons. The van der Waals surface area contributed by atoms with Crippen LogP contribution >= 0.6 is 0 Å². The zero-order valence-electron chi connectivity index (χ0n) is 15.0. The number of hydrogen-bond acceptors (Lipinski definition) is 3. The molecule has 4 heterocycles. The van der Waals surface area contributed by atoms with Gasteiger partial charge in [0.2, 0.25) is 5.91 Å². The van der Waals surface area contributed by atoms with E-state index in [1.165, 1.54) is 22.6 Å². The Hall–Kier alpha value is -2.40. The van der Waals surface area contributed by atoms with Gasteiger partial charge < -0.3 is 9.47 Å². The van der Waals surface area contributed by atoms with E-state index in [2.05, 4.69) is 29.2 Å². The number of benzene rings is 1. The van der Waals surface area contributed by atoms with Crippen LogP contribution in [0.15, 0.2) is 59.5 Å². The van der Waals surface area contributed by atoms with Gasteiger partial charge in [-0.1, -0.05) is 36.4 Å². The van der Waals surface area contributed by atoms with Crippen molar-refractivity contribution in [2.24, 2.45) is 5.92 Å². The molecule has 0 saturated carbocycles. The van der Waals surface area contributed by atoms with Gasteiger partial charge in [0, 0.05) is 44.5 Å². The van der Waals surface area contributed by atoms with E-state index in [-0.39, 0.29) is 18.0 Å². The van der Waals surface area contributed by atoms with Crippen LogP contribution in [0.1, 0.15) is 18.4 Å². The lowest BCUT2D eigenvalue weighted by Crippen LogP contribution is -2.44. The van der Waals surface area contributed by atoms with Crippen molar-refractivity contribution in [3.8, 4) is 0 Å². The summed E-state index contributed by atoms with van der Waals surface area (Å²) in [6.07, 6.45) is 4.02. The average Bonchev–Trinajstić information content (AvgIpc) is 2.96. The number of rotatable bonds is 4. The number of hydrogen-bond donors (Lipinski definition) is 0. The number of pyridine rings is 1. The lowest BCUT2D eigenvalue weighted by molar-refractivity contribution is -0.132. The summed E-state index contributed by atoms with van der Waals surface area (Å²) in [5.74, 6) is 0.575. The Balaban J connectivity index is 1.45. The Morgan fingerprint density at radius 2 is 1.77 bits per heavy atom. The highest BCUT2D eigenvalue weighted by Crippen LogP contribution is 2.29. The van der Waals surface area contributed by atoms with E-state index in [9.17, 15) is 9.59 Å². The molecule has 3 saturated heterocycles. The van der Waals surface area contributed by atoms with E-state index in [1.807, 2.05) is 11.0 Å². The first-order valence-electron chi connectivity index (χ1n) is 9.40. The molecule has 0 N–H and O–H groups in total. The van der Waals surface area contributed by atoms with Crippen molar-refractivity contribution in [3.63, 3.8) is 0 Å². The minimum atomic E-state index is -0.121. The molecule has 2 bridgehead atoms. The van der Waals surface area contributed by atoms with Crippen LogP contribution in [0, 0.1) is 5.92 Å². The van der Waals surface area contributed by atoms with Crippen LogP contribution < -0.4 is 5.56 Å². The predicted octanol–water partition coefficient (Wildman–Crippen LogP) is 1.97. The van der Waals surface area contributed by atoms with Gasteiger partial charge in [0.15, 0.2) is 0 Å². The molecule has 5 heteroatoms. The quantitative estimate of drug-likeness (QED) is 0.846. The zero-order chi connectivity index (χ0) is 17.9. The van der Waals surface area contributed by atoms with Gasteiger partial charge in [-0.25, -0.2) is 0 Å². The third kappa shape index (κ3) is 3.73. The third-order valence-electron chi connectivity index (χ3n) is 5.61. The maximum absolute atomic E-state index is 12.8. The van der Waals surface area contributed by atoms with Gasteiger partial charge >= 0.3 is 0 Å². The van der Waals surface area contributed by atoms with Crippen molar-refractivity contribution in [1.82, 2.24) is 14.4 Å². The number of carbonyl (C=O) groups is 1. The molecule has 1 aromatic carbocycles. The highest BCUT2D eigenvalue weighted by molar-refractivity contribution is 5.76. The van der Waals surface area contributed by atoms with Crippen molar-refractivity contribution < 1.29 is 4.79 Å². The van der Waals surface area contributed by atoms with Crippen molar-refractivity contribution in [2.75, 3.05) is 19.6 Å². The number of piperidine rings is 1. The fraction of sp³-hybridized carbons (Fsp3) is 0.429. The van der Waals surface area contributed by atoms with E-state index < -0.39 is 0 Å². The largest absolute Gasteiger partial charge is 0.339 e. The highest BCUT2D eigenvalue weighted by atomic mass is 16.2. The zero-order valence-corrected chi connectivity index (χ0v) is 15.0. The summed E-state index contributed by atoms with van der Waals surface area (Å²) in [6, 6.07) is 16.0. The number of carbonyl (C=O) groups excluding carboxylic acids is 1. The van der Waals surface area contributed by atoms with Crippen LogP contribution in [0.5, 0.6) is 0 Å². The van der Waals surface area contributed by atoms with Gasteiger partial charge in [0.25, 0.3) is 5.56 Å². The second kappa shape index (κ2) is 7.46. The van der Waals surface area contributed by atoms with Gasteiger partial charge in [-0.2, -0.15) is 0 Å². The second-order valence-corrected chi connectivity index (χ2v) is 7.48. The summed E-state index contributed by atoms with van der Waals surface area (Å²) < 4.78 is 1.50. The Bertz CT molecular complexity index is 817. The number of amides is 1. The molecule has 5 nitrogen and oxygen atoms in total. The highest BCUT2D eigenvalue weighted by Gasteiger charge is 2.36. The first kappa shape index (κ1) is 17.0. The van der Waals surface area contributed by atoms with E-state index in [0.29, 0.717) is 12.0 Å². The standard InChI is InChI=1S/C21H25N3O2/c25-20-8-4-5-11-22(20)16-21(26)24-14-18-9-10-19(15-24)23(13-18)12-17-6-2-1-3-7-17/h1-8,11,18-19H,9-10,12-16H2/t18-,19-/m1/s1. The van der Waals surface area contributed by atoms with Crippen LogP contribution in [0.4, 0.5) is 0 Å². The average molecular weight is 351 g/mol. The molecular weight excluding hydrogens is 326 g/mol. The molecular formula is C21H25N3O2. The molecule has 5 rings (SSSR count). The maximum Gasteiger partial charge on any atom is 0.250 e. The minimum Gasteiger partial charge on any atom is -0.339 e. The molecule has 2 aromatic rings. The maximum atomic E-state index is 12.8. The van der Waals surface area contributed by atoms with Gasteiger partial charge in [-0.3, -0.25) is 14.5 Å². The summed E-state index contributed by atoms with van der Waals surface area (Å²) in [5, 5.41) is 0. The molecule has 136 valence electrons. The smallest absolute Gasteiger partial charge is 0.250 e. The van der Waals surface area contributed by atoms with Crippen molar-refractivity contribution >= 4 is 5.91 Å². The normalized spacial score (nSPS) is 23.0. The molecule has 0 aliphatic carbocycles. The fourth-order valence-electron chi connectivity index (χ4n) is 4.23. The van der Waals surface area contributed by atoms with Crippen molar-refractivity contribution in [2.45, 2.75) is 32.0 Å². The summed E-state index contributed by atoms with van der Waals surface area (Å²) in [5.41, 5.74) is 1.21. The van der Waals surface area contributed by atoms with Crippen LogP contribution in [0.3, 0.4) is 0 Å². The SMILES string of the molecule is O=C(Cn1ccccc1=O)N1C[C@@H]2CC[C@H](C1)N(Cc1ccccc1)C2. The van der Waals surface area contributed by atoms with Gasteiger partial charge in [0.1, 0.15) is 6.54 Å². The third-order valence-corrected chi connectivity index (χ3v) is 5.61. The van der Waals surface area contributed by atoms with Crippen molar-refractivity contribution in [3.05, 3.63) is 70.6 Å². The van der Waals surface area contributed by atoms with Crippen LogP contribution in [-0.2, 0) is 17.9 Å². The second-order valence-electron chi connectivity index (χ2n) is 7.48. The van der Waals surface area contributed by atoms with E-state index in [0.717, 1.165) is 32.6 Å². The Labute approximate surface area is 153 Å². The summed E-state index contributed by atoms with van der Waals surface area (Å²) >= 11 is 0. The van der Waals surface area contributed by atoms with Crippen LogP contribution in [0.2, 0.25) is 0 Å². The Morgan fingerprint density at radius 3 is 2.58 bits per heavy atom. The molecule has 2 atom stereocenters. The molecule has 3 fully saturated rings. The van der Waals surface area contributed by atoms with Gasteiger partial charge in [-0.05, 0) is 30.4 Å². The monoisotopic (exact) mass is 351 g/mol. The summed E-state index contributed by atoms with van der Waals surface area (Å²) in [4.78, 5) is 29.2. The lowest BCUT2D eigenvalue weighted by atomic mass is 9.94. The predicted molar refractivity (Wildman–Crippen MR) is 101 cm³/mol. The molecule has 26 heavy (non-hydrogen) atoms. The van der Waals surface area contributed by atoms with Crippen LogP contribution in [-0.4, -0.2) is 46.0 Å². The van der Waals surface area contributed by atoms with Crippen LogP contribution in [0.25, 0.3) is 0 Å². The molecule has 3 aliphatic rings. The summed E-state index contributed by atoms with van der Waals surface area (Å²) in [7, 11) is 0. The Morgan fingerprint density at radius 1 is 0.962 bits per heavy atom. The summed E-state index contributed by atoms with van der Waals surface area (Å²) in [6.45, 7) is 3.71. The number of aromatic nitrogens is 1. The molecule has 1 aromatic heterocycles. The minimum absolute atomic E-state index is 0.0526. The molecule has 0 unspecified atom stereocenters. The molecule has 0 spiro atoms. The molecule has 1 amide bonds. The van der Waals surface area contributed by atoms with E-state index in [4.69, 9.17) is 0 Å². The van der Waals surface area contributed by atoms with Gasteiger partial charge in [-0.15, -0.1) is 0 Å². The van der Waals surface area contributed by atoms with Crippen molar-refractivity contribution in [1.29, 1.82) is 0 Å². The number of fused-ring (bicyclic) bond motifs is 4. The Kier molecular flexibility index (Phi) is 4.89.